The van der Waals surface area contributed by atoms with Crippen LogP contribution in [0.15, 0.2) is 41.0 Å². The summed E-state index contributed by atoms with van der Waals surface area (Å²) in [5.74, 6) is 0. The van der Waals surface area contributed by atoms with Gasteiger partial charge in [-0.05, 0) is 55.0 Å². The molecular formula is C18H17N3S2. The van der Waals surface area contributed by atoms with E-state index in [4.69, 9.17) is 0 Å². The van der Waals surface area contributed by atoms with Gasteiger partial charge in [-0.1, -0.05) is 23.9 Å². The number of imidazole rings is 1. The SMILES string of the molecule is CSc1nc2ccc(Cn3cnc4cc(C)cc(C)c43)cc2s1. The second-order valence-corrected chi connectivity index (χ2v) is 7.89. The molecule has 0 saturated carbocycles. The van der Waals surface area contributed by atoms with Crippen LogP contribution in [-0.4, -0.2) is 20.8 Å². The molecule has 116 valence electrons. The van der Waals surface area contributed by atoms with Gasteiger partial charge in [-0.15, -0.1) is 11.3 Å². The van der Waals surface area contributed by atoms with Crippen LogP contribution in [0.5, 0.6) is 0 Å². The van der Waals surface area contributed by atoms with Gasteiger partial charge in [-0.2, -0.15) is 0 Å². The molecule has 2 aromatic carbocycles. The molecule has 0 fully saturated rings. The van der Waals surface area contributed by atoms with E-state index in [1.54, 1.807) is 23.1 Å². The van der Waals surface area contributed by atoms with Gasteiger partial charge in [-0.3, -0.25) is 0 Å². The number of aryl methyl sites for hydroxylation is 2. The Balaban J connectivity index is 1.75. The third-order valence-corrected chi connectivity index (χ3v) is 6.01. The molecule has 0 saturated heterocycles. The number of benzene rings is 2. The summed E-state index contributed by atoms with van der Waals surface area (Å²) < 4.78 is 4.61. The van der Waals surface area contributed by atoms with E-state index in [1.807, 2.05) is 6.33 Å². The molecule has 0 aliphatic rings. The van der Waals surface area contributed by atoms with Gasteiger partial charge in [-0.25, -0.2) is 9.97 Å². The van der Waals surface area contributed by atoms with Crippen LogP contribution >= 0.6 is 23.1 Å². The first-order chi connectivity index (χ1) is 11.1. The van der Waals surface area contributed by atoms with Crippen molar-refractivity contribution < 1.29 is 0 Å². The lowest BCUT2D eigenvalue weighted by atomic mass is 10.1. The molecule has 0 amide bonds. The van der Waals surface area contributed by atoms with Gasteiger partial charge < -0.3 is 4.57 Å². The average molecular weight is 339 g/mol. The Morgan fingerprint density at radius 1 is 1.13 bits per heavy atom. The van der Waals surface area contributed by atoms with Gasteiger partial charge >= 0.3 is 0 Å². The standard InChI is InChI=1S/C18H17N3S2/c1-11-6-12(2)17-15(7-11)19-10-21(17)9-13-4-5-14-16(8-13)23-18(20-14)22-3/h4-8,10H,9H2,1-3H3. The molecule has 3 nitrogen and oxygen atoms in total. The topological polar surface area (TPSA) is 30.7 Å². The third-order valence-electron chi connectivity index (χ3n) is 4.01. The maximum absolute atomic E-state index is 4.61. The number of rotatable bonds is 3. The zero-order valence-electron chi connectivity index (χ0n) is 13.3. The lowest BCUT2D eigenvalue weighted by Crippen LogP contribution is -1.99. The van der Waals surface area contributed by atoms with Crippen molar-refractivity contribution in [3.8, 4) is 0 Å². The quantitative estimate of drug-likeness (QED) is 0.490. The predicted octanol–water partition coefficient (Wildman–Crippen LogP) is 5.03. The van der Waals surface area contributed by atoms with Gasteiger partial charge in [0, 0.05) is 6.54 Å². The Bertz CT molecular complexity index is 1010. The first kappa shape index (κ1) is 14.7. The van der Waals surface area contributed by atoms with E-state index in [9.17, 15) is 0 Å². The molecule has 0 unspecified atom stereocenters. The van der Waals surface area contributed by atoms with Gasteiger partial charge in [0.05, 0.1) is 27.6 Å². The third kappa shape index (κ3) is 2.64. The highest BCUT2D eigenvalue weighted by Gasteiger charge is 2.09. The number of hydrogen-bond acceptors (Lipinski definition) is 4. The van der Waals surface area contributed by atoms with Crippen LogP contribution in [0.3, 0.4) is 0 Å². The second-order valence-electron chi connectivity index (χ2n) is 5.81. The molecule has 0 atom stereocenters. The summed E-state index contributed by atoms with van der Waals surface area (Å²) >= 11 is 3.46. The fourth-order valence-electron chi connectivity index (χ4n) is 3.05. The molecule has 0 radical (unpaired) electrons. The highest BCUT2D eigenvalue weighted by atomic mass is 32.2. The van der Waals surface area contributed by atoms with Crippen molar-refractivity contribution in [2.45, 2.75) is 24.7 Å². The van der Waals surface area contributed by atoms with E-state index in [0.29, 0.717) is 0 Å². The van der Waals surface area contributed by atoms with Crippen molar-refractivity contribution in [2.24, 2.45) is 0 Å². The van der Waals surface area contributed by atoms with Crippen molar-refractivity contribution in [1.29, 1.82) is 0 Å². The number of fused-ring (bicyclic) bond motifs is 2. The highest BCUT2D eigenvalue weighted by Crippen LogP contribution is 2.29. The summed E-state index contributed by atoms with van der Waals surface area (Å²) in [6, 6.07) is 10.9. The maximum atomic E-state index is 4.61. The second kappa shape index (κ2) is 5.65. The van der Waals surface area contributed by atoms with Gasteiger partial charge in [0.15, 0.2) is 4.34 Å². The fourth-order valence-corrected chi connectivity index (χ4v) is 4.60. The van der Waals surface area contributed by atoms with E-state index in [-0.39, 0.29) is 0 Å². The van der Waals surface area contributed by atoms with Crippen LogP contribution in [0, 0.1) is 13.8 Å². The molecule has 0 aliphatic carbocycles. The molecule has 5 heteroatoms. The molecule has 4 aromatic rings. The van der Waals surface area contributed by atoms with Gasteiger partial charge in [0.1, 0.15) is 0 Å². The number of hydrogen-bond donors (Lipinski definition) is 0. The van der Waals surface area contributed by atoms with Crippen LogP contribution < -0.4 is 0 Å². The Morgan fingerprint density at radius 3 is 2.83 bits per heavy atom. The first-order valence-corrected chi connectivity index (χ1v) is 9.54. The van der Waals surface area contributed by atoms with Gasteiger partial charge in [0.25, 0.3) is 0 Å². The molecular weight excluding hydrogens is 322 g/mol. The van der Waals surface area contributed by atoms with Gasteiger partial charge in [0.2, 0.25) is 0 Å². The van der Waals surface area contributed by atoms with E-state index < -0.39 is 0 Å². The highest BCUT2D eigenvalue weighted by molar-refractivity contribution is 8.00. The lowest BCUT2D eigenvalue weighted by molar-refractivity contribution is 0.823. The molecule has 2 aromatic heterocycles. The minimum atomic E-state index is 0.836. The molecule has 0 spiro atoms. The molecule has 23 heavy (non-hydrogen) atoms. The minimum Gasteiger partial charge on any atom is -0.326 e. The van der Waals surface area contributed by atoms with Crippen molar-refractivity contribution >= 4 is 44.3 Å². The molecule has 2 heterocycles. The zero-order chi connectivity index (χ0) is 16.0. The summed E-state index contributed by atoms with van der Waals surface area (Å²) in [7, 11) is 0. The van der Waals surface area contributed by atoms with Crippen molar-refractivity contribution in [3.63, 3.8) is 0 Å². The molecule has 0 bridgehead atoms. The van der Waals surface area contributed by atoms with E-state index >= 15 is 0 Å². The van der Waals surface area contributed by atoms with Crippen LogP contribution in [0.1, 0.15) is 16.7 Å². The molecule has 0 aliphatic heterocycles. The number of thioether (sulfide) groups is 1. The fraction of sp³-hybridized carbons (Fsp3) is 0.222. The van der Waals surface area contributed by atoms with Crippen LogP contribution in [0.2, 0.25) is 0 Å². The van der Waals surface area contributed by atoms with Crippen molar-refractivity contribution in [2.75, 3.05) is 6.26 Å². The van der Waals surface area contributed by atoms with Crippen molar-refractivity contribution in [1.82, 2.24) is 14.5 Å². The first-order valence-electron chi connectivity index (χ1n) is 7.49. The van der Waals surface area contributed by atoms with Crippen LogP contribution in [0.25, 0.3) is 21.3 Å². The van der Waals surface area contributed by atoms with E-state index in [0.717, 1.165) is 21.9 Å². The predicted molar refractivity (Wildman–Crippen MR) is 99.7 cm³/mol. The molecule has 0 N–H and O–H groups in total. The van der Waals surface area contributed by atoms with Crippen LogP contribution in [-0.2, 0) is 6.54 Å². The Kier molecular flexibility index (Phi) is 3.62. The van der Waals surface area contributed by atoms with E-state index in [1.165, 1.54) is 26.9 Å². The Labute approximate surface area is 143 Å². The molecule has 4 rings (SSSR count). The maximum Gasteiger partial charge on any atom is 0.150 e. The summed E-state index contributed by atoms with van der Waals surface area (Å²) in [6.07, 6.45) is 4.02. The van der Waals surface area contributed by atoms with Crippen molar-refractivity contribution in [3.05, 3.63) is 53.3 Å². The normalized spacial score (nSPS) is 11.6. The average Bonchev–Trinajstić information content (AvgIpc) is 3.10. The monoisotopic (exact) mass is 339 g/mol. The summed E-state index contributed by atoms with van der Waals surface area (Å²) in [4.78, 5) is 9.17. The van der Waals surface area contributed by atoms with E-state index in [2.05, 4.69) is 65.0 Å². The number of nitrogens with zero attached hydrogens (tertiary/aromatic N) is 3. The zero-order valence-corrected chi connectivity index (χ0v) is 15.0. The largest absolute Gasteiger partial charge is 0.326 e. The number of thiazole rings is 1. The minimum absolute atomic E-state index is 0.836. The summed E-state index contributed by atoms with van der Waals surface area (Å²) in [5, 5.41) is 0. The summed E-state index contributed by atoms with van der Waals surface area (Å²) in [6.45, 7) is 5.11. The smallest absolute Gasteiger partial charge is 0.150 e. The summed E-state index contributed by atoms with van der Waals surface area (Å²) in [5.41, 5.74) is 7.21. The Hall–Kier alpha value is -1.85. The van der Waals surface area contributed by atoms with Crippen LogP contribution in [0.4, 0.5) is 0 Å². The lowest BCUT2D eigenvalue weighted by Gasteiger charge is -2.07. The number of aromatic nitrogens is 3. The Morgan fingerprint density at radius 2 is 2.00 bits per heavy atom.